The first-order chi connectivity index (χ1) is 11.0. The van der Waals surface area contributed by atoms with E-state index in [4.69, 9.17) is 9.47 Å². The highest BCUT2D eigenvalue weighted by atomic mass is 16.5. The Kier molecular flexibility index (Phi) is 5.16. The molecule has 1 aliphatic heterocycles. The van der Waals surface area contributed by atoms with Gasteiger partial charge in [0.1, 0.15) is 5.70 Å². The number of esters is 1. The molecule has 0 fully saturated rings. The van der Waals surface area contributed by atoms with Crippen LogP contribution in [0.4, 0.5) is 0 Å². The first-order valence-electron chi connectivity index (χ1n) is 7.41. The van der Waals surface area contributed by atoms with Crippen LogP contribution in [0.3, 0.4) is 0 Å². The smallest absolute Gasteiger partial charge is 0.322 e. The minimum absolute atomic E-state index is 0.0239. The molecule has 6 nitrogen and oxygen atoms in total. The van der Waals surface area contributed by atoms with Crippen LogP contribution in [0.1, 0.15) is 26.3 Å². The fraction of sp³-hybridized carbons (Fsp3) is 0.353. The van der Waals surface area contributed by atoms with Crippen molar-refractivity contribution in [2.75, 3.05) is 13.2 Å². The number of phenolic OH excluding ortho intramolecular Hbond substituents is 1. The molecule has 0 amide bonds. The van der Waals surface area contributed by atoms with Crippen LogP contribution in [0.5, 0.6) is 11.5 Å². The standard InChI is InChI=1S/C17H19NO5/c1-4-22-14-9-11(6-7-13(14)19)8-12-16(20)15(10(3)18-12)17(21)23-5-2/h6-9,15,19H,4-5H2,1-3H3/b12-8-. The van der Waals surface area contributed by atoms with Crippen LogP contribution < -0.4 is 4.74 Å². The Morgan fingerprint density at radius 1 is 1.35 bits per heavy atom. The zero-order valence-corrected chi connectivity index (χ0v) is 13.3. The van der Waals surface area contributed by atoms with Crippen molar-refractivity contribution in [2.45, 2.75) is 20.8 Å². The number of benzene rings is 1. The third-order valence-electron chi connectivity index (χ3n) is 3.34. The van der Waals surface area contributed by atoms with E-state index in [9.17, 15) is 14.7 Å². The molecule has 2 rings (SSSR count). The van der Waals surface area contributed by atoms with Gasteiger partial charge in [0, 0.05) is 5.71 Å². The lowest BCUT2D eigenvalue weighted by atomic mass is 10.0. The molecule has 0 radical (unpaired) electrons. The van der Waals surface area contributed by atoms with Crippen molar-refractivity contribution >= 4 is 23.5 Å². The number of allylic oxidation sites excluding steroid dienone is 1. The summed E-state index contributed by atoms with van der Waals surface area (Å²) >= 11 is 0. The largest absolute Gasteiger partial charge is 0.504 e. The van der Waals surface area contributed by atoms with Crippen LogP contribution in [0, 0.1) is 5.92 Å². The normalized spacial score (nSPS) is 18.9. The van der Waals surface area contributed by atoms with E-state index in [2.05, 4.69) is 4.99 Å². The molecule has 0 saturated carbocycles. The number of ether oxygens (including phenoxy) is 2. The zero-order valence-electron chi connectivity index (χ0n) is 13.3. The third-order valence-corrected chi connectivity index (χ3v) is 3.34. The maximum atomic E-state index is 12.3. The molecule has 1 aromatic rings. The quantitative estimate of drug-likeness (QED) is 0.512. The molecule has 1 N–H and O–H groups in total. The summed E-state index contributed by atoms with van der Waals surface area (Å²) in [7, 11) is 0. The van der Waals surface area contributed by atoms with E-state index in [1.165, 1.54) is 6.07 Å². The Bertz CT molecular complexity index is 690. The van der Waals surface area contributed by atoms with E-state index < -0.39 is 11.9 Å². The summed E-state index contributed by atoms with van der Waals surface area (Å²) in [6.07, 6.45) is 1.56. The van der Waals surface area contributed by atoms with Gasteiger partial charge in [0.25, 0.3) is 0 Å². The monoisotopic (exact) mass is 317 g/mol. The van der Waals surface area contributed by atoms with E-state index >= 15 is 0 Å². The molecule has 0 aromatic heterocycles. The van der Waals surface area contributed by atoms with Crippen LogP contribution in [0.25, 0.3) is 6.08 Å². The summed E-state index contributed by atoms with van der Waals surface area (Å²) in [6.45, 7) is 5.75. The number of carbonyl (C=O) groups is 2. The van der Waals surface area contributed by atoms with E-state index in [0.717, 1.165) is 0 Å². The van der Waals surface area contributed by atoms with Crippen LogP contribution in [-0.4, -0.2) is 35.8 Å². The number of carbonyl (C=O) groups excluding carboxylic acids is 2. The molecule has 0 saturated heterocycles. The van der Waals surface area contributed by atoms with Crippen LogP contribution >= 0.6 is 0 Å². The number of hydrogen-bond donors (Lipinski definition) is 1. The maximum Gasteiger partial charge on any atom is 0.322 e. The van der Waals surface area contributed by atoms with Gasteiger partial charge in [-0.1, -0.05) is 6.07 Å². The first-order valence-corrected chi connectivity index (χ1v) is 7.41. The minimum Gasteiger partial charge on any atom is -0.504 e. The van der Waals surface area contributed by atoms with E-state index in [-0.39, 0.29) is 23.8 Å². The van der Waals surface area contributed by atoms with Gasteiger partial charge in [-0.15, -0.1) is 0 Å². The van der Waals surface area contributed by atoms with Crippen molar-refractivity contribution in [3.05, 3.63) is 29.5 Å². The summed E-state index contributed by atoms with van der Waals surface area (Å²) in [6, 6.07) is 4.73. The van der Waals surface area contributed by atoms with E-state index in [1.807, 2.05) is 6.92 Å². The highest BCUT2D eigenvalue weighted by Crippen LogP contribution is 2.29. The second-order valence-electron chi connectivity index (χ2n) is 4.99. The lowest BCUT2D eigenvalue weighted by Gasteiger charge is -2.07. The maximum absolute atomic E-state index is 12.3. The average molecular weight is 317 g/mol. The number of aliphatic imine (C=N–C) groups is 1. The summed E-state index contributed by atoms with van der Waals surface area (Å²) in [5.74, 6) is -1.58. The molecule has 1 atom stereocenters. The highest BCUT2D eigenvalue weighted by molar-refractivity contribution is 6.28. The molecule has 0 spiro atoms. The van der Waals surface area contributed by atoms with E-state index in [0.29, 0.717) is 23.6 Å². The highest BCUT2D eigenvalue weighted by Gasteiger charge is 2.37. The fourth-order valence-electron chi connectivity index (χ4n) is 2.30. The molecule has 1 heterocycles. The van der Waals surface area contributed by atoms with Gasteiger partial charge in [-0.2, -0.15) is 0 Å². The molecule has 6 heteroatoms. The number of aromatic hydroxyl groups is 1. The Balaban J connectivity index is 2.29. The summed E-state index contributed by atoms with van der Waals surface area (Å²) in [5, 5.41) is 9.69. The molecular formula is C17H19NO5. The third kappa shape index (κ3) is 3.59. The van der Waals surface area contributed by atoms with Crippen molar-refractivity contribution in [1.82, 2.24) is 0 Å². The molecule has 23 heavy (non-hydrogen) atoms. The van der Waals surface area contributed by atoms with Crippen molar-refractivity contribution in [3.63, 3.8) is 0 Å². The SMILES string of the molecule is CCOC(=O)C1C(=O)/C(=C/c2ccc(O)c(OCC)c2)N=C1C. The van der Waals surface area contributed by atoms with Crippen LogP contribution in [0.2, 0.25) is 0 Å². The minimum atomic E-state index is -0.968. The summed E-state index contributed by atoms with van der Waals surface area (Å²) in [4.78, 5) is 28.4. The molecule has 0 bridgehead atoms. The zero-order chi connectivity index (χ0) is 17.0. The van der Waals surface area contributed by atoms with Gasteiger partial charge < -0.3 is 14.6 Å². The van der Waals surface area contributed by atoms with E-state index in [1.54, 1.807) is 32.1 Å². The lowest BCUT2D eigenvalue weighted by Crippen LogP contribution is -2.28. The molecular weight excluding hydrogens is 298 g/mol. The number of ketones is 1. The number of hydrogen-bond acceptors (Lipinski definition) is 6. The number of rotatable bonds is 5. The second kappa shape index (κ2) is 7.09. The van der Waals surface area contributed by atoms with Crippen molar-refractivity contribution < 1.29 is 24.2 Å². The lowest BCUT2D eigenvalue weighted by molar-refractivity contribution is -0.147. The van der Waals surface area contributed by atoms with Crippen molar-refractivity contribution in [1.29, 1.82) is 0 Å². The Hall–Kier alpha value is -2.63. The Morgan fingerprint density at radius 2 is 2.09 bits per heavy atom. The van der Waals surface area contributed by atoms with Gasteiger partial charge in [-0.05, 0) is 44.5 Å². The van der Waals surface area contributed by atoms with Crippen molar-refractivity contribution in [3.8, 4) is 11.5 Å². The predicted octanol–water partition coefficient (Wildman–Crippen LogP) is 2.35. The van der Waals surface area contributed by atoms with Gasteiger partial charge in [0.05, 0.1) is 13.2 Å². The van der Waals surface area contributed by atoms with Crippen molar-refractivity contribution in [2.24, 2.45) is 10.9 Å². The molecule has 0 aliphatic carbocycles. The summed E-state index contributed by atoms with van der Waals surface area (Å²) in [5.41, 5.74) is 1.26. The average Bonchev–Trinajstić information content (AvgIpc) is 2.77. The molecule has 1 unspecified atom stereocenters. The molecule has 1 aliphatic rings. The molecule has 122 valence electrons. The predicted molar refractivity (Wildman–Crippen MR) is 85.5 cm³/mol. The van der Waals surface area contributed by atoms with Crippen LogP contribution in [0.15, 0.2) is 28.9 Å². The van der Waals surface area contributed by atoms with Gasteiger partial charge in [-0.3, -0.25) is 14.6 Å². The number of phenols is 1. The Morgan fingerprint density at radius 3 is 2.74 bits per heavy atom. The second-order valence-corrected chi connectivity index (χ2v) is 4.99. The fourth-order valence-corrected chi connectivity index (χ4v) is 2.30. The number of Topliss-reactive ketones (excluding diaryl/α,β-unsaturated/α-hetero) is 1. The van der Waals surface area contributed by atoms with Crippen LogP contribution in [-0.2, 0) is 14.3 Å². The molecule has 1 aromatic carbocycles. The summed E-state index contributed by atoms with van der Waals surface area (Å²) < 4.78 is 10.2. The topological polar surface area (TPSA) is 85.2 Å². The van der Waals surface area contributed by atoms with Gasteiger partial charge in [0.15, 0.2) is 17.4 Å². The Labute approximate surface area is 134 Å². The van der Waals surface area contributed by atoms with Gasteiger partial charge >= 0.3 is 5.97 Å². The van der Waals surface area contributed by atoms with Gasteiger partial charge in [0.2, 0.25) is 5.78 Å². The first kappa shape index (κ1) is 16.7. The van der Waals surface area contributed by atoms with Gasteiger partial charge in [-0.25, -0.2) is 0 Å². The number of nitrogens with zero attached hydrogens (tertiary/aromatic N) is 1.